The smallest absolute Gasteiger partial charge is 0.140 e. The molecule has 0 aliphatic heterocycles. The first-order chi connectivity index (χ1) is 6.38. The molecule has 0 unspecified atom stereocenters. The number of aromatic nitrogens is 1. The standard InChI is InChI=1S/C11H10BN/c12-10-6-2-1-5-9(10)11-7-3-4-8-13-11/h1-8H,12H2. The SMILES string of the molecule is Bc1ccccc1-c1ccccn1. The van der Waals surface area contributed by atoms with Gasteiger partial charge in [0.1, 0.15) is 7.85 Å². The number of hydrogen-bond acceptors (Lipinski definition) is 1. The topological polar surface area (TPSA) is 12.9 Å². The van der Waals surface area contributed by atoms with Crippen LogP contribution >= 0.6 is 0 Å². The average molecular weight is 167 g/mol. The van der Waals surface area contributed by atoms with E-state index in [0.717, 1.165) is 5.69 Å². The number of pyridine rings is 1. The Morgan fingerprint density at radius 3 is 2.38 bits per heavy atom. The zero-order valence-electron chi connectivity index (χ0n) is 7.57. The van der Waals surface area contributed by atoms with E-state index in [0.29, 0.717) is 0 Å². The molecule has 0 radical (unpaired) electrons. The summed E-state index contributed by atoms with van der Waals surface area (Å²) in [6.45, 7) is 0. The Hall–Kier alpha value is -1.57. The Morgan fingerprint density at radius 2 is 1.69 bits per heavy atom. The van der Waals surface area contributed by atoms with E-state index in [1.807, 2.05) is 36.5 Å². The van der Waals surface area contributed by atoms with Crippen molar-refractivity contribution in [2.24, 2.45) is 0 Å². The van der Waals surface area contributed by atoms with Gasteiger partial charge in [0.05, 0.1) is 5.69 Å². The van der Waals surface area contributed by atoms with E-state index < -0.39 is 0 Å². The molecule has 0 aliphatic carbocycles. The second kappa shape index (κ2) is 3.44. The summed E-state index contributed by atoms with van der Waals surface area (Å²) in [6.07, 6.45) is 1.82. The zero-order chi connectivity index (χ0) is 9.10. The molecule has 0 N–H and O–H groups in total. The van der Waals surface area contributed by atoms with E-state index in [2.05, 4.69) is 25.0 Å². The molecule has 0 fully saturated rings. The van der Waals surface area contributed by atoms with Crippen LogP contribution < -0.4 is 5.46 Å². The molecule has 2 heteroatoms. The molecule has 1 aromatic carbocycles. The lowest BCUT2D eigenvalue weighted by atomic mass is 9.89. The second-order valence-electron chi connectivity index (χ2n) is 3.03. The summed E-state index contributed by atoms with van der Waals surface area (Å²) in [7, 11) is 2.10. The second-order valence-corrected chi connectivity index (χ2v) is 3.03. The highest BCUT2D eigenvalue weighted by Gasteiger charge is 1.99. The van der Waals surface area contributed by atoms with Gasteiger partial charge in [0.15, 0.2) is 0 Å². The molecular formula is C11H10BN. The highest BCUT2D eigenvalue weighted by Crippen LogP contribution is 2.11. The summed E-state index contributed by atoms with van der Waals surface area (Å²) in [5, 5.41) is 0. The predicted octanol–water partition coefficient (Wildman–Crippen LogP) is 1.01. The maximum absolute atomic E-state index is 4.31. The van der Waals surface area contributed by atoms with E-state index in [1.54, 1.807) is 0 Å². The van der Waals surface area contributed by atoms with Crippen molar-refractivity contribution >= 4 is 13.3 Å². The fraction of sp³-hybridized carbons (Fsp3) is 0. The first-order valence-electron chi connectivity index (χ1n) is 4.35. The molecule has 0 spiro atoms. The summed E-state index contributed by atoms with van der Waals surface area (Å²) in [5.74, 6) is 0. The summed E-state index contributed by atoms with van der Waals surface area (Å²) in [6, 6.07) is 14.2. The van der Waals surface area contributed by atoms with Gasteiger partial charge in [-0.2, -0.15) is 0 Å². The molecule has 13 heavy (non-hydrogen) atoms. The largest absolute Gasteiger partial charge is 0.256 e. The van der Waals surface area contributed by atoms with Gasteiger partial charge in [0.25, 0.3) is 0 Å². The van der Waals surface area contributed by atoms with Crippen molar-refractivity contribution in [2.75, 3.05) is 0 Å². The zero-order valence-corrected chi connectivity index (χ0v) is 7.57. The lowest BCUT2D eigenvalue weighted by Gasteiger charge is -2.03. The van der Waals surface area contributed by atoms with Crippen LogP contribution in [0.4, 0.5) is 0 Å². The number of benzene rings is 1. The molecule has 1 nitrogen and oxygen atoms in total. The van der Waals surface area contributed by atoms with Crippen LogP contribution in [-0.4, -0.2) is 12.8 Å². The van der Waals surface area contributed by atoms with Gasteiger partial charge in [-0.1, -0.05) is 35.8 Å². The molecule has 0 amide bonds. The van der Waals surface area contributed by atoms with E-state index in [4.69, 9.17) is 0 Å². The van der Waals surface area contributed by atoms with E-state index >= 15 is 0 Å². The predicted molar refractivity (Wildman–Crippen MR) is 57.9 cm³/mol. The minimum Gasteiger partial charge on any atom is -0.256 e. The molecule has 0 aliphatic rings. The maximum atomic E-state index is 4.31. The molecule has 0 bridgehead atoms. The molecule has 0 saturated heterocycles. The molecular weight excluding hydrogens is 157 g/mol. The van der Waals surface area contributed by atoms with E-state index in [-0.39, 0.29) is 0 Å². The van der Waals surface area contributed by atoms with Crippen molar-refractivity contribution in [3.05, 3.63) is 48.7 Å². The van der Waals surface area contributed by atoms with Gasteiger partial charge < -0.3 is 0 Å². The first kappa shape index (κ1) is 8.05. The Morgan fingerprint density at radius 1 is 0.923 bits per heavy atom. The number of rotatable bonds is 1. The highest BCUT2D eigenvalue weighted by molar-refractivity contribution is 6.35. The third kappa shape index (κ3) is 1.62. The lowest BCUT2D eigenvalue weighted by Crippen LogP contribution is -2.05. The van der Waals surface area contributed by atoms with Crippen LogP contribution in [0, 0.1) is 0 Å². The van der Waals surface area contributed by atoms with Crippen molar-refractivity contribution in [3.63, 3.8) is 0 Å². The van der Waals surface area contributed by atoms with Gasteiger partial charge >= 0.3 is 0 Å². The maximum Gasteiger partial charge on any atom is 0.140 e. The van der Waals surface area contributed by atoms with Crippen LogP contribution in [-0.2, 0) is 0 Å². The van der Waals surface area contributed by atoms with Crippen molar-refractivity contribution in [1.82, 2.24) is 4.98 Å². The number of hydrogen-bond donors (Lipinski definition) is 0. The van der Waals surface area contributed by atoms with Crippen LogP contribution in [0.3, 0.4) is 0 Å². The summed E-state index contributed by atoms with van der Waals surface area (Å²) in [5.41, 5.74) is 3.52. The minimum atomic E-state index is 1.04. The normalized spacial score (nSPS) is 9.85. The average Bonchev–Trinajstić information content (AvgIpc) is 2.20. The Kier molecular flexibility index (Phi) is 2.13. The van der Waals surface area contributed by atoms with Crippen molar-refractivity contribution in [1.29, 1.82) is 0 Å². The summed E-state index contributed by atoms with van der Waals surface area (Å²) in [4.78, 5) is 4.31. The van der Waals surface area contributed by atoms with E-state index in [9.17, 15) is 0 Å². The molecule has 0 atom stereocenters. The quantitative estimate of drug-likeness (QED) is 0.577. The van der Waals surface area contributed by atoms with Gasteiger partial charge in [-0.15, -0.1) is 0 Å². The van der Waals surface area contributed by atoms with Crippen molar-refractivity contribution in [2.45, 2.75) is 0 Å². The highest BCUT2D eigenvalue weighted by atomic mass is 14.7. The van der Waals surface area contributed by atoms with Gasteiger partial charge in [-0.25, -0.2) is 0 Å². The van der Waals surface area contributed by atoms with Gasteiger partial charge in [-0.3, -0.25) is 4.98 Å². The first-order valence-corrected chi connectivity index (χ1v) is 4.35. The molecule has 1 heterocycles. The van der Waals surface area contributed by atoms with Crippen LogP contribution in [0.15, 0.2) is 48.7 Å². The lowest BCUT2D eigenvalue weighted by molar-refractivity contribution is 1.33. The molecule has 1 aromatic heterocycles. The Bertz CT molecular complexity index is 398. The number of nitrogens with zero attached hydrogens (tertiary/aromatic N) is 1. The van der Waals surface area contributed by atoms with Gasteiger partial charge in [0, 0.05) is 6.20 Å². The molecule has 2 rings (SSSR count). The molecule has 62 valence electrons. The van der Waals surface area contributed by atoms with Crippen LogP contribution in [0.1, 0.15) is 0 Å². The Labute approximate surface area is 78.9 Å². The summed E-state index contributed by atoms with van der Waals surface area (Å²) >= 11 is 0. The van der Waals surface area contributed by atoms with Crippen molar-refractivity contribution in [3.8, 4) is 11.3 Å². The molecule has 2 aromatic rings. The van der Waals surface area contributed by atoms with E-state index in [1.165, 1.54) is 11.0 Å². The summed E-state index contributed by atoms with van der Waals surface area (Å²) < 4.78 is 0. The van der Waals surface area contributed by atoms with Gasteiger partial charge in [0.2, 0.25) is 0 Å². The fourth-order valence-electron chi connectivity index (χ4n) is 1.38. The van der Waals surface area contributed by atoms with Crippen molar-refractivity contribution < 1.29 is 0 Å². The monoisotopic (exact) mass is 167 g/mol. The van der Waals surface area contributed by atoms with Crippen LogP contribution in [0.25, 0.3) is 11.3 Å². The molecule has 0 saturated carbocycles. The van der Waals surface area contributed by atoms with Crippen LogP contribution in [0.2, 0.25) is 0 Å². The minimum absolute atomic E-state index is 1.04. The van der Waals surface area contributed by atoms with Gasteiger partial charge in [-0.05, 0) is 17.7 Å². The fourth-order valence-corrected chi connectivity index (χ4v) is 1.38. The Balaban J connectivity index is 2.54. The van der Waals surface area contributed by atoms with Crippen LogP contribution in [0.5, 0.6) is 0 Å². The third-order valence-corrected chi connectivity index (χ3v) is 2.09. The third-order valence-electron chi connectivity index (χ3n) is 2.09.